The van der Waals surface area contributed by atoms with Gasteiger partial charge in [0.1, 0.15) is 5.75 Å². The average molecular weight is 140 g/mol. The van der Waals surface area contributed by atoms with Gasteiger partial charge in [-0.15, -0.1) is 0 Å². The van der Waals surface area contributed by atoms with Gasteiger partial charge in [0.05, 0.1) is 0 Å². The van der Waals surface area contributed by atoms with Crippen LogP contribution in [0, 0.1) is 0 Å². The third kappa shape index (κ3) is 1.62. The van der Waals surface area contributed by atoms with Gasteiger partial charge in [-0.2, -0.15) is 0 Å². The first-order chi connectivity index (χ1) is 4.83. The Kier molecular flexibility index (Phi) is 2.10. The predicted molar refractivity (Wildman–Crippen MR) is 35.4 cm³/mol. The Morgan fingerprint density at radius 1 is 1.50 bits per heavy atom. The van der Waals surface area contributed by atoms with Crippen LogP contribution >= 0.6 is 0 Å². The Morgan fingerprint density at radius 3 is 2.60 bits per heavy atom. The van der Waals surface area contributed by atoms with E-state index < -0.39 is 0 Å². The summed E-state index contributed by atoms with van der Waals surface area (Å²) < 4.78 is 1.54. The predicted octanol–water partition coefficient (Wildman–Crippen LogP) is 0.128. The van der Waals surface area contributed by atoms with Crippen molar-refractivity contribution in [3.63, 3.8) is 0 Å². The van der Waals surface area contributed by atoms with Crippen molar-refractivity contribution in [3.05, 3.63) is 24.5 Å². The van der Waals surface area contributed by atoms with Crippen molar-refractivity contribution in [2.75, 3.05) is 6.61 Å². The van der Waals surface area contributed by atoms with E-state index in [0.29, 0.717) is 6.61 Å². The number of nitrogens with zero attached hydrogens (tertiary/aromatic N) is 1. The fraction of sp³-hybridized carbons (Fsp3) is 0.286. The normalized spacial score (nSPS) is 9.30. The molecule has 0 unspecified atom stereocenters. The quantitative estimate of drug-likeness (QED) is 0.592. The number of aromatic nitrogens is 1. The van der Waals surface area contributed by atoms with Gasteiger partial charge < -0.3 is 5.11 Å². The summed E-state index contributed by atoms with van der Waals surface area (Å²) in [5.74, 6) is 0.246. The lowest BCUT2D eigenvalue weighted by Gasteiger charge is -1.92. The van der Waals surface area contributed by atoms with Crippen LogP contribution in [0.15, 0.2) is 24.5 Å². The molecule has 1 N–H and O–H groups in total. The van der Waals surface area contributed by atoms with Crippen LogP contribution in [0.25, 0.3) is 0 Å². The topological polar surface area (TPSA) is 33.3 Å². The molecule has 0 bridgehead atoms. The molecule has 0 spiro atoms. The second kappa shape index (κ2) is 3.06. The van der Waals surface area contributed by atoms with Crippen LogP contribution < -0.4 is 9.57 Å². The highest BCUT2D eigenvalue weighted by molar-refractivity contribution is 5.11. The standard InChI is InChI=1S/C7H9NO2/c1-2-10-8-5-3-7(9)4-6-8/h3-6H,2H2,1H3/p+1. The molecular weight excluding hydrogens is 130 g/mol. The largest absolute Gasteiger partial charge is 0.507 e. The highest BCUT2D eigenvalue weighted by Gasteiger charge is 1.97. The molecule has 1 heterocycles. The van der Waals surface area contributed by atoms with Crippen molar-refractivity contribution in [2.24, 2.45) is 0 Å². The number of hydrogen-bond acceptors (Lipinski definition) is 2. The lowest BCUT2D eigenvalue weighted by atomic mass is 10.5. The van der Waals surface area contributed by atoms with Gasteiger partial charge in [-0.25, -0.2) is 0 Å². The summed E-state index contributed by atoms with van der Waals surface area (Å²) in [6.45, 7) is 2.52. The molecular formula is C7H10NO2+. The Balaban J connectivity index is 2.69. The van der Waals surface area contributed by atoms with Crippen molar-refractivity contribution < 1.29 is 14.7 Å². The zero-order valence-electron chi connectivity index (χ0n) is 5.82. The van der Waals surface area contributed by atoms with Crippen LogP contribution in [-0.2, 0) is 0 Å². The van der Waals surface area contributed by atoms with Crippen molar-refractivity contribution in [3.8, 4) is 5.75 Å². The smallest absolute Gasteiger partial charge is 0.226 e. The Bertz CT molecular complexity index is 195. The third-order valence-electron chi connectivity index (χ3n) is 1.06. The van der Waals surface area contributed by atoms with Gasteiger partial charge in [0.25, 0.3) is 0 Å². The van der Waals surface area contributed by atoms with Crippen LogP contribution in [0.1, 0.15) is 6.92 Å². The van der Waals surface area contributed by atoms with E-state index in [1.165, 1.54) is 0 Å². The minimum absolute atomic E-state index is 0.246. The van der Waals surface area contributed by atoms with Gasteiger partial charge >= 0.3 is 0 Å². The summed E-state index contributed by atoms with van der Waals surface area (Å²) in [6.07, 6.45) is 3.30. The van der Waals surface area contributed by atoms with E-state index in [4.69, 9.17) is 9.94 Å². The molecule has 0 aromatic carbocycles. The molecule has 0 aliphatic carbocycles. The number of pyridine rings is 1. The molecule has 0 amide bonds. The first kappa shape index (κ1) is 6.86. The fourth-order valence-corrected chi connectivity index (χ4v) is 0.640. The van der Waals surface area contributed by atoms with Crippen LogP contribution in [0.3, 0.4) is 0 Å². The van der Waals surface area contributed by atoms with E-state index in [9.17, 15) is 0 Å². The minimum Gasteiger partial charge on any atom is -0.507 e. The summed E-state index contributed by atoms with van der Waals surface area (Å²) in [5.41, 5.74) is 0. The second-order valence-corrected chi connectivity index (χ2v) is 1.83. The summed E-state index contributed by atoms with van der Waals surface area (Å²) in [6, 6.07) is 3.13. The maximum Gasteiger partial charge on any atom is 0.226 e. The highest BCUT2D eigenvalue weighted by atomic mass is 16.7. The van der Waals surface area contributed by atoms with Crippen LogP contribution in [0.5, 0.6) is 5.75 Å². The van der Waals surface area contributed by atoms with Gasteiger partial charge in [-0.1, -0.05) is 0 Å². The maximum absolute atomic E-state index is 8.86. The Labute approximate surface area is 59.5 Å². The average Bonchev–Trinajstić information content (AvgIpc) is 1.95. The van der Waals surface area contributed by atoms with Gasteiger partial charge in [-0.05, 0) is 6.92 Å². The highest BCUT2D eigenvalue weighted by Crippen LogP contribution is 1.99. The summed E-state index contributed by atoms with van der Waals surface area (Å²) in [7, 11) is 0. The number of hydrogen-bond donors (Lipinski definition) is 1. The molecule has 0 atom stereocenters. The molecule has 0 aliphatic rings. The summed E-state index contributed by atoms with van der Waals surface area (Å²) in [5, 5.41) is 8.86. The Hall–Kier alpha value is -1.25. The first-order valence-corrected chi connectivity index (χ1v) is 3.16. The first-order valence-electron chi connectivity index (χ1n) is 3.16. The van der Waals surface area contributed by atoms with Gasteiger partial charge in [0.2, 0.25) is 12.4 Å². The zero-order chi connectivity index (χ0) is 7.40. The summed E-state index contributed by atoms with van der Waals surface area (Å²) in [4.78, 5) is 5.07. The third-order valence-corrected chi connectivity index (χ3v) is 1.06. The van der Waals surface area contributed by atoms with Crippen molar-refractivity contribution in [1.29, 1.82) is 0 Å². The lowest BCUT2D eigenvalue weighted by Crippen LogP contribution is -2.41. The van der Waals surface area contributed by atoms with Crippen LogP contribution in [-0.4, -0.2) is 11.7 Å². The number of rotatable bonds is 2. The molecule has 0 fully saturated rings. The molecule has 1 rings (SSSR count). The SMILES string of the molecule is CCO[n+]1ccc(O)cc1. The van der Waals surface area contributed by atoms with Gasteiger partial charge in [0, 0.05) is 16.9 Å². The lowest BCUT2D eigenvalue weighted by molar-refractivity contribution is -0.891. The molecule has 1 aromatic heterocycles. The molecule has 3 nitrogen and oxygen atoms in total. The van der Waals surface area contributed by atoms with E-state index in [1.807, 2.05) is 6.92 Å². The monoisotopic (exact) mass is 140 g/mol. The van der Waals surface area contributed by atoms with Crippen molar-refractivity contribution in [1.82, 2.24) is 0 Å². The Morgan fingerprint density at radius 2 is 2.10 bits per heavy atom. The second-order valence-electron chi connectivity index (χ2n) is 1.83. The molecule has 0 radical (unpaired) electrons. The minimum atomic E-state index is 0.246. The fourth-order valence-electron chi connectivity index (χ4n) is 0.640. The molecule has 3 heteroatoms. The molecule has 0 saturated carbocycles. The van der Waals surface area contributed by atoms with Crippen LogP contribution in [0.2, 0.25) is 0 Å². The number of aromatic hydroxyl groups is 1. The maximum atomic E-state index is 8.86. The molecule has 0 saturated heterocycles. The van der Waals surface area contributed by atoms with E-state index in [-0.39, 0.29) is 5.75 Å². The molecule has 54 valence electrons. The van der Waals surface area contributed by atoms with Gasteiger partial charge in [0.15, 0.2) is 6.61 Å². The molecule has 0 aliphatic heterocycles. The van der Waals surface area contributed by atoms with E-state index in [0.717, 1.165) is 0 Å². The zero-order valence-corrected chi connectivity index (χ0v) is 5.82. The van der Waals surface area contributed by atoms with Crippen molar-refractivity contribution in [2.45, 2.75) is 6.92 Å². The van der Waals surface area contributed by atoms with Crippen molar-refractivity contribution >= 4 is 0 Å². The van der Waals surface area contributed by atoms with E-state index in [1.54, 1.807) is 29.3 Å². The molecule has 1 aromatic rings. The summed E-state index contributed by atoms with van der Waals surface area (Å²) >= 11 is 0. The molecule has 10 heavy (non-hydrogen) atoms. The van der Waals surface area contributed by atoms with E-state index in [2.05, 4.69) is 0 Å². The van der Waals surface area contributed by atoms with Gasteiger partial charge in [-0.3, -0.25) is 4.84 Å². The van der Waals surface area contributed by atoms with E-state index >= 15 is 0 Å². The van der Waals surface area contributed by atoms with Crippen LogP contribution in [0.4, 0.5) is 0 Å².